The highest BCUT2D eigenvalue weighted by Gasteiger charge is 2.29. The number of halogens is 1. The molecule has 0 spiro atoms. The molecule has 0 aliphatic carbocycles. The van der Waals surface area contributed by atoms with Crippen molar-refractivity contribution in [2.24, 2.45) is 12.8 Å². The highest BCUT2D eigenvalue weighted by Crippen LogP contribution is 2.32. The first-order valence-electron chi connectivity index (χ1n) is 10.5. The smallest absolute Gasteiger partial charge is 0.351 e. The van der Waals surface area contributed by atoms with Gasteiger partial charge in [0, 0.05) is 25.1 Å². The molecular weight excluding hydrogens is 425 g/mol. The Morgan fingerprint density at radius 3 is 2.61 bits per heavy atom. The van der Waals surface area contributed by atoms with Gasteiger partial charge in [-0.05, 0) is 37.1 Å². The highest BCUT2D eigenvalue weighted by atomic mass is 19.1. The van der Waals surface area contributed by atoms with Crippen LogP contribution in [0.1, 0.15) is 39.9 Å². The zero-order chi connectivity index (χ0) is 23.3. The van der Waals surface area contributed by atoms with Gasteiger partial charge in [-0.2, -0.15) is 4.68 Å². The third-order valence-corrected chi connectivity index (χ3v) is 5.99. The fourth-order valence-corrected chi connectivity index (χ4v) is 4.39. The molecular formula is C24H22FN5O3. The van der Waals surface area contributed by atoms with Crippen LogP contribution in [0, 0.1) is 12.7 Å². The first-order valence-corrected chi connectivity index (χ1v) is 10.5. The van der Waals surface area contributed by atoms with Crippen LogP contribution in [-0.2, 0) is 13.5 Å². The van der Waals surface area contributed by atoms with Gasteiger partial charge in [0.1, 0.15) is 11.5 Å². The molecule has 1 aliphatic rings. The Bertz CT molecular complexity index is 1430. The van der Waals surface area contributed by atoms with Gasteiger partial charge in [-0.3, -0.25) is 9.36 Å². The van der Waals surface area contributed by atoms with Crippen LogP contribution in [0.4, 0.5) is 4.39 Å². The van der Waals surface area contributed by atoms with Gasteiger partial charge in [-0.15, -0.1) is 5.10 Å². The summed E-state index contributed by atoms with van der Waals surface area (Å²) >= 11 is 0. The lowest BCUT2D eigenvalue weighted by Gasteiger charge is -2.12. The topological polar surface area (TPSA) is 97.1 Å². The van der Waals surface area contributed by atoms with E-state index in [1.807, 2.05) is 30.3 Å². The molecule has 4 aromatic rings. The second-order valence-electron chi connectivity index (χ2n) is 8.10. The third kappa shape index (κ3) is 3.42. The maximum absolute atomic E-state index is 15.0. The van der Waals surface area contributed by atoms with Crippen LogP contribution in [0.25, 0.3) is 5.69 Å². The highest BCUT2D eigenvalue weighted by molar-refractivity contribution is 5.92. The third-order valence-electron chi connectivity index (χ3n) is 5.99. The van der Waals surface area contributed by atoms with Gasteiger partial charge in [0.05, 0.1) is 11.7 Å². The van der Waals surface area contributed by atoms with Gasteiger partial charge in [0.2, 0.25) is 5.88 Å². The predicted molar refractivity (Wildman–Crippen MR) is 119 cm³/mol. The van der Waals surface area contributed by atoms with Crippen molar-refractivity contribution in [3.63, 3.8) is 0 Å². The average Bonchev–Trinajstić information content (AvgIpc) is 3.44. The van der Waals surface area contributed by atoms with Crippen molar-refractivity contribution in [1.29, 1.82) is 0 Å². The van der Waals surface area contributed by atoms with E-state index in [2.05, 4.69) is 5.10 Å². The lowest BCUT2D eigenvalue weighted by Crippen LogP contribution is -2.26. The van der Waals surface area contributed by atoms with E-state index in [-0.39, 0.29) is 23.2 Å². The normalized spacial score (nSPS) is 14.9. The Kier molecular flexibility index (Phi) is 4.88. The number of aromatic nitrogens is 4. The number of primary amides is 1. The van der Waals surface area contributed by atoms with Crippen molar-refractivity contribution in [1.82, 2.24) is 18.9 Å². The number of aryl methyl sites for hydroxylation is 2. The minimum absolute atomic E-state index is 0.0407. The molecule has 0 fully saturated rings. The van der Waals surface area contributed by atoms with Crippen molar-refractivity contribution >= 4 is 5.91 Å². The maximum atomic E-state index is 15.0. The molecule has 168 valence electrons. The lowest BCUT2D eigenvalue weighted by molar-refractivity contribution is 0.0991. The summed E-state index contributed by atoms with van der Waals surface area (Å²) in [5, 5.41) is 4.45. The van der Waals surface area contributed by atoms with E-state index in [1.54, 1.807) is 30.7 Å². The summed E-state index contributed by atoms with van der Waals surface area (Å²) < 4.78 is 25.0. The number of nitrogens with two attached hydrogens (primary N) is 1. The van der Waals surface area contributed by atoms with Gasteiger partial charge in [-0.25, -0.2) is 9.18 Å². The summed E-state index contributed by atoms with van der Waals surface area (Å²) in [4.78, 5) is 24.7. The molecule has 0 saturated heterocycles. The van der Waals surface area contributed by atoms with Crippen LogP contribution in [0.3, 0.4) is 0 Å². The van der Waals surface area contributed by atoms with Crippen LogP contribution < -0.4 is 16.2 Å². The maximum Gasteiger partial charge on any atom is 0.351 e. The monoisotopic (exact) mass is 447 g/mol. The molecule has 2 aromatic heterocycles. The summed E-state index contributed by atoms with van der Waals surface area (Å²) in [6.45, 7) is 1.74. The Labute approximate surface area is 188 Å². The molecule has 2 aromatic carbocycles. The Morgan fingerprint density at radius 2 is 1.94 bits per heavy atom. The number of rotatable bonds is 5. The Hall–Kier alpha value is -4.14. The summed E-state index contributed by atoms with van der Waals surface area (Å²) in [6.07, 6.45) is 1.47. The van der Waals surface area contributed by atoms with Crippen molar-refractivity contribution in [3.8, 4) is 17.3 Å². The molecule has 8 nitrogen and oxygen atoms in total. The molecule has 9 heteroatoms. The van der Waals surface area contributed by atoms with E-state index >= 15 is 0 Å². The standard InChI is InChI=1S/C24H22FN5O3/c1-14-12-19(22(26)31)28(2)23(14)33-20-10-8-16(13-17(20)25)30-24(32)29-18(9-11-21(29)27-30)15-6-4-3-5-7-15/h3-8,10,12-13,18H,9,11H2,1-2H3,(H2,26,31)/t18-/m0/s1. The van der Waals surface area contributed by atoms with E-state index in [4.69, 9.17) is 10.5 Å². The molecule has 0 bridgehead atoms. The Morgan fingerprint density at radius 1 is 1.18 bits per heavy atom. The van der Waals surface area contributed by atoms with Crippen LogP contribution in [0.5, 0.6) is 11.6 Å². The zero-order valence-corrected chi connectivity index (χ0v) is 18.2. The van der Waals surface area contributed by atoms with Gasteiger partial charge in [-0.1, -0.05) is 30.3 Å². The zero-order valence-electron chi connectivity index (χ0n) is 18.2. The summed E-state index contributed by atoms with van der Waals surface area (Å²) in [5.41, 5.74) is 7.30. The number of fused-ring (bicyclic) bond motifs is 1. The number of hydrogen-bond donors (Lipinski definition) is 1. The molecule has 0 saturated carbocycles. The van der Waals surface area contributed by atoms with Crippen LogP contribution in [-0.4, -0.2) is 24.8 Å². The molecule has 0 radical (unpaired) electrons. The van der Waals surface area contributed by atoms with Crippen molar-refractivity contribution in [3.05, 3.63) is 93.5 Å². The molecule has 3 heterocycles. The van der Waals surface area contributed by atoms with Crippen LogP contribution in [0.15, 0.2) is 59.4 Å². The predicted octanol–water partition coefficient (Wildman–Crippen LogP) is 3.25. The molecule has 5 rings (SSSR count). The van der Waals surface area contributed by atoms with Crippen LogP contribution in [0.2, 0.25) is 0 Å². The quantitative estimate of drug-likeness (QED) is 0.508. The number of carbonyl (C=O) groups excluding carboxylic acids is 1. The minimum atomic E-state index is -0.659. The summed E-state index contributed by atoms with van der Waals surface area (Å²) in [6, 6.07) is 15.5. The van der Waals surface area contributed by atoms with Gasteiger partial charge in [0.15, 0.2) is 11.6 Å². The van der Waals surface area contributed by atoms with Gasteiger partial charge in [0.25, 0.3) is 5.91 Å². The number of benzene rings is 2. The molecule has 1 aliphatic heterocycles. The van der Waals surface area contributed by atoms with Crippen LogP contribution >= 0.6 is 0 Å². The molecule has 33 heavy (non-hydrogen) atoms. The molecule has 2 N–H and O–H groups in total. The van der Waals surface area contributed by atoms with Gasteiger partial charge < -0.3 is 15.0 Å². The van der Waals surface area contributed by atoms with Crippen molar-refractivity contribution in [2.45, 2.75) is 25.8 Å². The fourth-order valence-electron chi connectivity index (χ4n) is 4.39. The van der Waals surface area contributed by atoms with Crippen molar-refractivity contribution < 1.29 is 13.9 Å². The number of amides is 1. The first kappa shape index (κ1) is 20.7. The summed E-state index contributed by atoms with van der Waals surface area (Å²) in [5.74, 6) is -0.325. The fraction of sp³-hybridized carbons (Fsp3) is 0.208. The van der Waals surface area contributed by atoms with Gasteiger partial charge >= 0.3 is 5.69 Å². The summed E-state index contributed by atoms with van der Waals surface area (Å²) in [7, 11) is 1.62. The van der Waals surface area contributed by atoms with E-state index in [0.29, 0.717) is 29.4 Å². The van der Waals surface area contributed by atoms with E-state index in [9.17, 15) is 14.0 Å². The first-order chi connectivity index (χ1) is 15.8. The number of hydrogen-bond acceptors (Lipinski definition) is 4. The molecule has 1 atom stereocenters. The Balaban J connectivity index is 1.47. The van der Waals surface area contributed by atoms with E-state index in [0.717, 1.165) is 12.0 Å². The minimum Gasteiger partial charge on any atom is -0.437 e. The number of ether oxygens (including phenoxy) is 1. The van der Waals surface area contributed by atoms with Crippen molar-refractivity contribution in [2.75, 3.05) is 0 Å². The molecule has 0 unspecified atom stereocenters. The molecule has 1 amide bonds. The second-order valence-corrected chi connectivity index (χ2v) is 8.10. The SMILES string of the molecule is Cc1cc(C(N)=O)n(C)c1Oc1ccc(-n2nc3n(c2=O)[C@H](c2ccccc2)CC3)cc1F. The largest absolute Gasteiger partial charge is 0.437 e. The number of nitrogens with zero attached hydrogens (tertiary/aromatic N) is 4. The number of carbonyl (C=O) groups is 1. The van der Waals surface area contributed by atoms with E-state index in [1.165, 1.54) is 21.4 Å². The lowest BCUT2D eigenvalue weighted by atomic mass is 10.1. The van der Waals surface area contributed by atoms with E-state index < -0.39 is 11.7 Å². The average molecular weight is 447 g/mol. The second kappa shape index (κ2) is 7.77.